The fraction of sp³-hybridized carbons (Fsp3) is 0.118. The fourth-order valence-electron chi connectivity index (χ4n) is 2.54. The van der Waals surface area contributed by atoms with Crippen LogP contribution in [0.4, 0.5) is 0 Å². The first-order valence-electron chi connectivity index (χ1n) is 6.97. The van der Waals surface area contributed by atoms with E-state index in [-0.39, 0.29) is 0 Å². The summed E-state index contributed by atoms with van der Waals surface area (Å²) in [6.45, 7) is -0.456. The minimum absolute atomic E-state index is 0.377. The number of benzene rings is 3. The van der Waals surface area contributed by atoms with Crippen LogP contribution in [-0.2, 0) is 14.9 Å². The average molecular weight is 329 g/mol. The Balaban J connectivity index is 2.07. The zero-order valence-corrected chi connectivity index (χ0v) is 12.9. The Morgan fingerprint density at radius 3 is 2.00 bits per heavy atom. The molecule has 3 rings (SSSR count). The molecule has 0 atom stereocenters. The van der Waals surface area contributed by atoms with Gasteiger partial charge in [0.15, 0.2) is 0 Å². The number of hydrogen-bond donors (Lipinski definition) is 0. The van der Waals surface area contributed by atoms with E-state index in [0.29, 0.717) is 5.56 Å². The molecule has 118 valence electrons. The first-order chi connectivity index (χ1) is 11.0. The van der Waals surface area contributed by atoms with Gasteiger partial charge in [0.25, 0.3) is 0 Å². The van der Waals surface area contributed by atoms with Crippen molar-refractivity contribution in [2.24, 2.45) is 0 Å². The van der Waals surface area contributed by atoms with Gasteiger partial charge in [0.05, 0.1) is 21.4 Å². The van der Waals surface area contributed by atoms with Crippen molar-refractivity contribution in [3.05, 3.63) is 60.2 Å². The zero-order valence-electron chi connectivity index (χ0n) is 12.1. The van der Waals surface area contributed by atoms with Crippen molar-refractivity contribution < 1.29 is 22.5 Å². The molecule has 0 aliphatic rings. The highest BCUT2D eigenvalue weighted by atomic mass is 32.2. The van der Waals surface area contributed by atoms with E-state index in [1.54, 1.807) is 0 Å². The third-order valence-electron chi connectivity index (χ3n) is 3.54. The van der Waals surface area contributed by atoms with E-state index in [9.17, 15) is 17.8 Å². The van der Waals surface area contributed by atoms with Crippen LogP contribution in [0.2, 0.25) is 0 Å². The summed E-state index contributed by atoms with van der Waals surface area (Å²) in [6.07, 6.45) is 0. The molecular weight excluding hydrogens is 316 g/mol. The topological polar surface area (TPSA) is 83.5 Å². The van der Waals surface area contributed by atoms with E-state index in [4.69, 9.17) is 4.74 Å². The summed E-state index contributed by atoms with van der Waals surface area (Å²) in [5.41, 5.74) is 0.377. The van der Waals surface area contributed by atoms with E-state index in [2.05, 4.69) is 0 Å². The van der Waals surface area contributed by atoms with E-state index in [1.165, 1.54) is 0 Å². The molecule has 0 aliphatic carbocycles. The minimum atomic E-state index is -4.41. The monoisotopic (exact) mass is 329 g/mol. The van der Waals surface area contributed by atoms with Gasteiger partial charge in [0, 0.05) is 0 Å². The molecule has 0 aliphatic heterocycles. The molecule has 3 aromatic rings. The van der Waals surface area contributed by atoms with Crippen molar-refractivity contribution in [3.8, 4) is 0 Å². The van der Waals surface area contributed by atoms with Crippen LogP contribution >= 0.6 is 0 Å². The molecule has 5 nitrogen and oxygen atoms in total. The van der Waals surface area contributed by atoms with Crippen LogP contribution in [-0.4, -0.2) is 31.3 Å². The lowest BCUT2D eigenvalue weighted by atomic mass is 9.97. The van der Waals surface area contributed by atoms with Crippen LogP contribution in [0.25, 0.3) is 21.5 Å². The molecule has 0 fully saturated rings. The van der Waals surface area contributed by atoms with E-state index in [0.717, 1.165) is 21.5 Å². The third-order valence-corrected chi connectivity index (χ3v) is 4.21. The summed E-state index contributed by atoms with van der Waals surface area (Å²) in [7, 11) is -4.41. The van der Waals surface area contributed by atoms with Gasteiger partial charge in [-0.1, -0.05) is 48.5 Å². The fourth-order valence-corrected chi connectivity index (χ4v) is 2.83. The summed E-state index contributed by atoms with van der Waals surface area (Å²) < 4.78 is 36.9. The molecule has 0 spiro atoms. The Hall–Kier alpha value is -2.44. The molecule has 3 aromatic carbocycles. The molecule has 0 aromatic heterocycles. The van der Waals surface area contributed by atoms with Gasteiger partial charge in [0.1, 0.15) is 6.61 Å². The number of fused-ring (bicyclic) bond motifs is 2. The number of esters is 1. The first kappa shape index (κ1) is 15.5. The Labute approximate surface area is 133 Å². The molecule has 6 heteroatoms. The van der Waals surface area contributed by atoms with Crippen molar-refractivity contribution in [2.75, 3.05) is 12.4 Å². The Morgan fingerprint density at radius 1 is 0.957 bits per heavy atom. The van der Waals surface area contributed by atoms with Crippen LogP contribution in [0.15, 0.2) is 54.6 Å². The lowest BCUT2D eigenvalue weighted by molar-refractivity contribution is 0.0533. The molecule has 23 heavy (non-hydrogen) atoms. The first-order valence-corrected chi connectivity index (χ1v) is 8.54. The molecule has 0 N–H and O–H groups in total. The van der Waals surface area contributed by atoms with Crippen molar-refractivity contribution in [3.63, 3.8) is 0 Å². The van der Waals surface area contributed by atoms with E-state index < -0.39 is 28.4 Å². The molecule has 0 heterocycles. The van der Waals surface area contributed by atoms with Crippen LogP contribution in [0, 0.1) is 0 Å². The second-order valence-electron chi connectivity index (χ2n) is 5.09. The predicted octanol–water partition coefficient (Wildman–Crippen LogP) is 2.70. The number of rotatable bonds is 4. The standard InChI is InChI=1S/C17H14O5S/c18-17(22-9-10-23(19,20)21)16-14-7-3-1-5-12(14)11-13-6-2-4-8-15(13)16/h1-8,11H,9-10H2,(H,19,20,21)/p-1. The second-order valence-corrected chi connectivity index (χ2v) is 6.62. The highest BCUT2D eigenvalue weighted by molar-refractivity contribution is 7.85. The maximum absolute atomic E-state index is 12.4. The summed E-state index contributed by atoms with van der Waals surface area (Å²) in [5.74, 6) is -1.37. The smallest absolute Gasteiger partial charge is 0.339 e. The van der Waals surface area contributed by atoms with Gasteiger partial charge >= 0.3 is 5.97 Å². The maximum atomic E-state index is 12.4. The number of carbonyl (C=O) groups is 1. The normalized spacial score (nSPS) is 11.7. The van der Waals surface area contributed by atoms with Crippen molar-refractivity contribution in [1.29, 1.82) is 0 Å². The van der Waals surface area contributed by atoms with E-state index >= 15 is 0 Å². The Morgan fingerprint density at radius 2 is 1.48 bits per heavy atom. The van der Waals surface area contributed by atoms with Gasteiger partial charge in [0.2, 0.25) is 0 Å². The van der Waals surface area contributed by atoms with E-state index in [1.807, 2.05) is 54.6 Å². The molecule has 0 radical (unpaired) electrons. The SMILES string of the molecule is O=C(OCCS(=O)(=O)[O-])c1c2ccccc2cc2ccccc12. The van der Waals surface area contributed by atoms with Crippen LogP contribution in [0.3, 0.4) is 0 Å². The van der Waals surface area contributed by atoms with Crippen molar-refractivity contribution in [2.45, 2.75) is 0 Å². The third kappa shape index (κ3) is 3.33. The van der Waals surface area contributed by atoms with Crippen LogP contribution < -0.4 is 0 Å². The molecule has 0 bridgehead atoms. The van der Waals surface area contributed by atoms with Gasteiger partial charge in [-0.25, -0.2) is 13.2 Å². The molecule has 0 unspecified atom stereocenters. The van der Waals surface area contributed by atoms with Gasteiger partial charge in [-0.3, -0.25) is 0 Å². The van der Waals surface area contributed by atoms with Crippen LogP contribution in [0.1, 0.15) is 10.4 Å². The maximum Gasteiger partial charge on any atom is 0.339 e. The van der Waals surface area contributed by atoms with Gasteiger partial charge in [-0.2, -0.15) is 0 Å². The van der Waals surface area contributed by atoms with Crippen molar-refractivity contribution in [1.82, 2.24) is 0 Å². The highest BCUT2D eigenvalue weighted by Crippen LogP contribution is 2.29. The lowest BCUT2D eigenvalue weighted by Gasteiger charge is -2.12. The largest absolute Gasteiger partial charge is 0.748 e. The summed E-state index contributed by atoms with van der Waals surface area (Å²) in [5, 5.41) is 3.21. The molecule has 0 saturated carbocycles. The summed E-state index contributed by atoms with van der Waals surface area (Å²) in [4.78, 5) is 12.4. The van der Waals surface area contributed by atoms with Crippen molar-refractivity contribution >= 4 is 37.6 Å². The summed E-state index contributed by atoms with van der Waals surface area (Å²) in [6, 6.07) is 16.7. The number of hydrogen-bond acceptors (Lipinski definition) is 5. The van der Waals surface area contributed by atoms with Gasteiger partial charge in [-0.05, 0) is 27.6 Å². The quantitative estimate of drug-likeness (QED) is 0.417. The molecule has 0 amide bonds. The summed E-state index contributed by atoms with van der Waals surface area (Å²) >= 11 is 0. The number of carbonyl (C=O) groups excluding carboxylic acids is 1. The average Bonchev–Trinajstić information content (AvgIpc) is 2.51. The molecule has 0 saturated heterocycles. The molecular formula is C17H13O5S-. The Kier molecular flexibility index (Phi) is 4.02. The Bertz CT molecular complexity index is 938. The van der Waals surface area contributed by atoms with Gasteiger partial charge in [-0.15, -0.1) is 0 Å². The predicted molar refractivity (Wildman–Crippen MR) is 86.3 cm³/mol. The zero-order chi connectivity index (χ0) is 16.4. The lowest BCUT2D eigenvalue weighted by Crippen LogP contribution is -2.15. The second kappa shape index (κ2) is 5.98. The van der Waals surface area contributed by atoms with Crippen LogP contribution in [0.5, 0.6) is 0 Å². The minimum Gasteiger partial charge on any atom is -0.748 e. The van der Waals surface area contributed by atoms with Gasteiger partial charge < -0.3 is 9.29 Å². The number of ether oxygens (including phenoxy) is 1. The highest BCUT2D eigenvalue weighted by Gasteiger charge is 2.16.